The number of hydrogen-bond acceptors (Lipinski definition) is 3. The molecule has 2 rings (SSSR count). The topological polar surface area (TPSA) is 35.5 Å². The lowest BCUT2D eigenvalue weighted by molar-refractivity contribution is -0.158. The van der Waals surface area contributed by atoms with Gasteiger partial charge in [0.1, 0.15) is 6.10 Å². The molecule has 17 heavy (non-hydrogen) atoms. The maximum absolute atomic E-state index is 12.0. The second kappa shape index (κ2) is 5.43. The van der Waals surface area contributed by atoms with E-state index in [0.717, 1.165) is 5.56 Å². The smallest absolute Gasteiger partial charge is 0.169 e. The van der Waals surface area contributed by atoms with Gasteiger partial charge in [0.25, 0.3) is 0 Å². The third-order valence-corrected chi connectivity index (χ3v) is 3.27. The summed E-state index contributed by atoms with van der Waals surface area (Å²) in [5, 5.41) is 0. The van der Waals surface area contributed by atoms with E-state index in [-0.39, 0.29) is 17.8 Å². The van der Waals surface area contributed by atoms with Crippen LogP contribution in [0.3, 0.4) is 0 Å². The van der Waals surface area contributed by atoms with Gasteiger partial charge in [-0.05, 0) is 12.5 Å². The monoisotopic (exact) mass is 234 g/mol. The molecule has 0 aliphatic carbocycles. The van der Waals surface area contributed by atoms with Crippen LogP contribution in [-0.4, -0.2) is 24.6 Å². The Labute approximate surface area is 102 Å². The van der Waals surface area contributed by atoms with E-state index in [1.165, 1.54) is 0 Å². The van der Waals surface area contributed by atoms with Crippen LogP contribution in [0, 0.1) is 5.92 Å². The first-order valence-corrected chi connectivity index (χ1v) is 5.99. The van der Waals surface area contributed by atoms with Crippen LogP contribution in [0.15, 0.2) is 30.3 Å². The Morgan fingerprint density at radius 2 is 2.00 bits per heavy atom. The molecule has 0 radical (unpaired) electrons. The van der Waals surface area contributed by atoms with Gasteiger partial charge >= 0.3 is 0 Å². The van der Waals surface area contributed by atoms with Gasteiger partial charge in [0.15, 0.2) is 5.78 Å². The summed E-state index contributed by atoms with van der Waals surface area (Å²) in [6.45, 7) is 4.65. The van der Waals surface area contributed by atoms with E-state index in [9.17, 15) is 4.79 Å². The van der Waals surface area contributed by atoms with Crippen LogP contribution in [0.2, 0.25) is 0 Å². The molecule has 92 valence electrons. The first kappa shape index (κ1) is 12.3. The Morgan fingerprint density at radius 1 is 1.29 bits per heavy atom. The molecule has 1 aromatic rings. The SMILES string of the molecule is CC1OCC(OCc2ccccc2)C(=O)[C@@H]1C. The molecule has 0 N–H and O–H groups in total. The Hall–Kier alpha value is -1.19. The molecule has 3 nitrogen and oxygen atoms in total. The molecule has 0 aromatic heterocycles. The van der Waals surface area contributed by atoms with Gasteiger partial charge in [0, 0.05) is 5.92 Å². The zero-order chi connectivity index (χ0) is 12.3. The molecule has 1 fully saturated rings. The van der Waals surface area contributed by atoms with Crippen molar-refractivity contribution in [1.82, 2.24) is 0 Å². The quantitative estimate of drug-likeness (QED) is 0.804. The number of hydrogen-bond donors (Lipinski definition) is 0. The molecule has 1 saturated heterocycles. The van der Waals surface area contributed by atoms with Crippen molar-refractivity contribution in [1.29, 1.82) is 0 Å². The van der Waals surface area contributed by atoms with Crippen molar-refractivity contribution in [2.75, 3.05) is 6.61 Å². The summed E-state index contributed by atoms with van der Waals surface area (Å²) in [7, 11) is 0. The second-order valence-electron chi connectivity index (χ2n) is 4.51. The second-order valence-corrected chi connectivity index (χ2v) is 4.51. The Kier molecular flexibility index (Phi) is 3.92. The van der Waals surface area contributed by atoms with Crippen LogP contribution in [0.1, 0.15) is 19.4 Å². The first-order chi connectivity index (χ1) is 8.18. The van der Waals surface area contributed by atoms with Crippen LogP contribution < -0.4 is 0 Å². The lowest BCUT2D eigenvalue weighted by Gasteiger charge is -2.30. The fraction of sp³-hybridized carbons (Fsp3) is 0.500. The molecule has 1 aliphatic heterocycles. The first-order valence-electron chi connectivity index (χ1n) is 5.99. The van der Waals surface area contributed by atoms with E-state index in [0.29, 0.717) is 13.2 Å². The van der Waals surface area contributed by atoms with Crippen LogP contribution in [0.5, 0.6) is 0 Å². The van der Waals surface area contributed by atoms with Crippen LogP contribution in [0.4, 0.5) is 0 Å². The molecule has 0 bridgehead atoms. The summed E-state index contributed by atoms with van der Waals surface area (Å²) in [5.74, 6) is 0.0733. The summed E-state index contributed by atoms with van der Waals surface area (Å²) in [6.07, 6.45) is -0.416. The molecule has 3 atom stereocenters. The number of Topliss-reactive ketones (excluding diaryl/α,β-unsaturated/α-hetero) is 1. The molecule has 3 heteroatoms. The molecular weight excluding hydrogens is 216 g/mol. The lowest BCUT2D eigenvalue weighted by Crippen LogP contribution is -2.44. The van der Waals surface area contributed by atoms with Gasteiger partial charge in [-0.2, -0.15) is 0 Å². The van der Waals surface area contributed by atoms with Gasteiger partial charge < -0.3 is 9.47 Å². The predicted octanol–water partition coefficient (Wildman–Crippen LogP) is 2.20. The number of carbonyl (C=O) groups is 1. The number of rotatable bonds is 3. The van der Waals surface area contributed by atoms with Gasteiger partial charge in [-0.25, -0.2) is 0 Å². The van der Waals surface area contributed by atoms with Crippen molar-refractivity contribution in [2.24, 2.45) is 5.92 Å². The van der Waals surface area contributed by atoms with E-state index >= 15 is 0 Å². The van der Waals surface area contributed by atoms with E-state index in [4.69, 9.17) is 9.47 Å². The maximum atomic E-state index is 12.0. The number of ether oxygens (including phenoxy) is 2. The highest BCUT2D eigenvalue weighted by Crippen LogP contribution is 2.19. The van der Waals surface area contributed by atoms with Gasteiger partial charge in [-0.1, -0.05) is 37.3 Å². The Bertz CT molecular complexity index is 374. The zero-order valence-corrected chi connectivity index (χ0v) is 10.3. The third-order valence-electron chi connectivity index (χ3n) is 3.27. The zero-order valence-electron chi connectivity index (χ0n) is 10.3. The van der Waals surface area contributed by atoms with Crippen molar-refractivity contribution >= 4 is 5.78 Å². The highest BCUT2D eigenvalue weighted by atomic mass is 16.5. The summed E-state index contributed by atoms with van der Waals surface area (Å²) in [6, 6.07) is 9.85. The summed E-state index contributed by atoms with van der Waals surface area (Å²) in [4.78, 5) is 12.0. The predicted molar refractivity (Wildman–Crippen MR) is 64.6 cm³/mol. The average Bonchev–Trinajstić information content (AvgIpc) is 2.36. The molecule has 0 amide bonds. The highest BCUT2D eigenvalue weighted by molar-refractivity contribution is 5.86. The number of benzene rings is 1. The van der Waals surface area contributed by atoms with E-state index in [1.54, 1.807) is 0 Å². The molecule has 0 spiro atoms. The number of carbonyl (C=O) groups excluding carboxylic acids is 1. The summed E-state index contributed by atoms with van der Waals surface area (Å²) >= 11 is 0. The van der Waals surface area contributed by atoms with Gasteiger partial charge in [0.2, 0.25) is 0 Å². The average molecular weight is 234 g/mol. The van der Waals surface area contributed by atoms with Crippen LogP contribution >= 0.6 is 0 Å². The van der Waals surface area contributed by atoms with Crippen molar-refractivity contribution in [3.8, 4) is 0 Å². The highest BCUT2D eigenvalue weighted by Gasteiger charge is 2.34. The molecule has 1 heterocycles. The normalized spacial score (nSPS) is 29.3. The van der Waals surface area contributed by atoms with Gasteiger partial charge in [-0.3, -0.25) is 4.79 Å². The Balaban J connectivity index is 1.90. The lowest BCUT2D eigenvalue weighted by atomic mass is 9.94. The largest absolute Gasteiger partial charge is 0.375 e. The van der Waals surface area contributed by atoms with Crippen molar-refractivity contribution in [3.63, 3.8) is 0 Å². The minimum Gasteiger partial charge on any atom is -0.375 e. The standard InChI is InChI=1S/C14H18O3/c1-10-11(2)16-9-13(14(10)15)17-8-12-6-4-3-5-7-12/h3-7,10-11,13H,8-9H2,1-2H3/t10-,11?,13?/m1/s1. The maximum Gasteiger partial charge on any atom is 0.169 e. The third kappa shape index (κ3) is 2.93. The van der Waals surface area contributed by atoms with Crippen molar-refractivity contribution in [3.05, 3.63) is 35.9 Å². The van der Waals surface area contributed by atoms with Gasteiger partial charge in [-0.15, -0.1) is 0 Å². The molecule has 0 saturated carbocycles. The summed E-state index contributed by atoms with van der Waals surface area (Å²) < 4.78 is 11.1. The minimum absolute atomic E-state index is 0.000856. The van der Waals surface area contributed by atoms with Crippen molar-refractivity contribution in [2.45, 2.75) is 32.7 Å². The van der Waals surface area contributed by atoms with E-state index in [1.807, 2.05) is 44.2 Å². The fourth-order valence-electron chi connectivity index (χ4n) is 1.89. The summed E-state index contributed by atoms with van der Waals surface area (Å²) in [5.41, 5.74) is 1.08. The minimum atomic E-state index is -0.415. The van der Waals surface area contributed by atoms with Crippen LogP contribution in [0.25, 0.3) is 0 Å². The fourth-order valence-corrected chi connectivity index (χ4v) is 1.89. The molecule has 1 aliphatic rings. The molecule has 2 unspecified atom stereocenters. The number of ketones is 1. The molecular formula is C14H18O3. The van der Waals surface area contributed by atoms with Gasteiger partial charge in [0.05, 0.1) is 19.3 Å². The Morgan fingerprint density at radius 3 is 2.71 bits per heavy atom. The van der Waals surface area contributed by atoms with Crippen molar-refractivity contribution < 1.29 is 14.3 Å². The molecule has 1 aromatic carbocycles. The van der Waals surface area contributed by atoms with Crippen LogP contribution in [-0.2, 0) is 20.9 Å². The van der Waals surface area contributed by atoms with E-state index < -0.39 is 6.10 Å². The van der Waals surface area contributed by atoms with E-state index in [2.05, 4.69) is 0 Å².